The number of nitrogens with one attached hydrogen (secondary N) is 1. The molecule has 4 rings (SSSR count). The van der Waals surface area contributed by atoms with Gasteiger partial charge in [-0.1, -0.05) is 0 Å². The predicted octanol–water partition coefficient (Wildman–Crippen LogP) is 3.76. The number of carboxylic acid groups (broad SMARTS) is 1. The van der Waals surface area contributed by atoms with Crippen LogP contribution in [0.2, 0.25) is 0 Å². The number of fused-ring (bicyclic) bond motifs is 2. The average molecular weight is 339 g/mol. The number of rotatable bonds is 3. The maximum Gasteiger partial charge on any atom is 0.335 e. The van der Waals surface area contributed by atoms with Gasteiger partial charge in [0.05, 0.1) is 16.8 Å². The van der Waals surface area contributed by atoms with Crippen molar-refractivity contribution in [1.29, 1.82) is 0 Å². The van der Waals surface area contributed by atoms with Crippen LogP contribution in [0.25, 0.3) is 10.9 Å². The maximum atomic E-state index is 10.9. The van der Waals surface area contributed by atoms with Crippen LogP contribution in [0.1, 0.15) is 10.4 Å². The van der Waals surface area contributed by atoms with Gasteiger partial charge in [-0.25, -0.2) is 4.79 Å². The predicted molar refractivity (Wildman–Crippen MR) is 88.5 cm³/mol. The number of carboxylic acids is 1. The first-order valence-electron chi connectivity index (χ1n) is 7.51. The number of hydrogen-bond acceptors (Lipinski definition) is 6. The molecule has 0 saturated heterocycles. The van der Waals surface area contributed by atoms with Gasteiger partial charge in [-0.05, 0) is 30.3 Å². The lowest BCUT2D eigenvalue weighted by Gasteiger charge is -2.18. The van der Waals surface area contributed by atoms with Gasteiger partial charge in [-0.2, -0.15) is 5.11 Å². The molecule has 0 unspecified atom stereocenters. The zero-order valence-corrected chi connectivity index (χ0v) is 12.9. The van der Waals surface area contributed by atoms with E-state index in [4.69, 9.17) is 14.6 Å². The first kappa shape index (κ1) is 15.0. The Hall–Kier alpha value is -3.55. The summed E-state index contributed by atoms with van der Waals surface area (Å²) in [5.74, 6) is 0.0563. The van der Waals surface area contributed by atoms with Gasteiger partial charge in [0.1, 0.15) is 13.2 Å². The van der Waals surface area contributed by atoms with Crippen LogP contribution in [0.5, 0.6) is 17.4 Å². The number of carbonyl (C=O) groups is 1. The van der Waals surface area contributed by atoms with Crippen molar-refractivity contribution in [2.45, 2.75) is 0 Å². The van der Waals surface area contributed by atoms with Gasteiger partial charge >= 0.3 is 5.97 Å². The molecule has 0 spiro atoms. The van der Waals surface area contributed by atoms with E-state index in [0.717, 1.165) is 0 Å². The van der Waals surface area contributed by atoms with Crippen LogP contribution in [-0.2, 0) is 0 Å². The van der Waals surface area contributed by atoms with Crippen LogP contribution in [0.4, 0.5) is 11.4 Å². The molecule has 0 fully saturated rings. The van der Waals surface area contributed by atoms with E-state index < -0.39 is 5.97 Å². The van der Waals surface area contributed by atoms with E-state index in [-0.39, 0.29) is 17.1 Å². The summed E-state index contributed by atoms with van der Waals surface area (Å²) < 4.78 is 11.1. The third-order valence-corrected chi connectivity index (χ3v) is 3.79. The van der Waals surface area contributed by atoms with E-state index in [1.54, 1.807) is 12.1 Å². The summed E-state index contributed by atoms with van der Waals surface area (Å²) in [5, 5.41) is 27.8. The van der Waals surface area contributed by atoms with Crippen LogP contribution in [-0.4, -0.2) is 34.4 Å². The lowest BCUT2D eigenvalue weighted by Crippen LogP contribution is -2.15. The molecular formula is C17H13N3O5. The molecular weight excluding hydrogens is 326 g/mol. The first-order valence-corrected chi connectivity index (χ1v) is 7.51. The fraction of sp³-hybridized carbons (Fsp3) is 0.118. The molecule has 2 aromatic carbocycles. The Morgan fingerprint density at radius 3 is 2.40 bits per heavy atom. The maximum absolute atomic E-state index is 10.9. The van der Waals surface area contributed by atoms with Crippen LogP contribution in [0.3, 0.4) is 0 Å². The fourth-order valence-corrected chi connectivity index (χ4v) is 2.58. The molecule has 0 aliphatic carbocycles. The number of ether oxygens (including phenoxy) is 2. The Morgan fingerprint density at radius 1 is 1.04 bits per heavy atom. The van der Waals surface area contributed by atoms with Crippen LogP contribution < -0.4 is 9.47 Å². The highest BCUT2D eigenvalue weighted by atomic mass is 16.6. The van der Waals surface area contributed by atoms with Crippen LogP contribution >= 0.6 is 0 Å². The van der Waals surface area contributed by atoms with Crippen LogP contribution in [0.15, 0.2) is 46.6 Å². The second-order valence-electron chi connectivity index (χ2n) is 5.42. The first-order chi connectivity index (χ1) is 12.1. The number of benzene rings is 2. The molecule has 8 nitrogen and oxygen atoms in total. The largest absolute Gasteiger partial charge is 0.493 e. The molecule has 3 N–H and O–H groups in total. The standard InChI is InChI=1S/C17H13N3O5/c21-16-15(20-19-10-3-1-9(2-4-10)17(22)23)11-7-13-14(8-12(11)18-16)25-6-5-24-13/h1-4,7-8,18,21H,5-6H2,(H,22,23). The Balaban J connectivity index is 1.70. The summed E-state index contributed by atoms with van der Waals surface area (Å²) >= 11 is 0. The lowest BCUT2D eigenvalue weighted by molar-refractivity contribution is 0.0697. The van der Waals surface area contributed by atoms with Gasteiger partial charge < -0.3 is 24.7 Å². The molecule has 0 atom stereocenters. The number of azo groups is 1. The molecule has 1 aromatic heterocycles. The second-order valence-corrected chi connectivity index (χ2v) is 5.42. The fourth-order valence-electron chi connectivity index (χ4n) is 2.58. The zero-order valence-electron chi connectivity index (χ0n) is 12.9. The molecule has 2 heterocycles. The number of hydrogen-bond donors (Lipinski definition) is 3. The molecule has 25 heavy (non-hydrogen) atoms. The van der Waals surface area contributed by atoms with Gasteiger partial charge in [0.2, 0.25) is 5.88 Å². The van der Waals surface area contributed by atoms with Crippen molar-refractivity contribution in [2.24, 2.45) is 10.2 Å². The molecule has 126 valence electrons. The summed E-state index contributed by atoms with van der Waals surface area (Å²) in [7, 11) is 0. The molecule has 1 aliphatic heterocycles. The van der Waals surface area contributed by atoms with E-state index in [1.807, 2.05) is 0 Å². The smallest absolute Gasteiger partial charge is 0.335 e. The minimum absolute atomic E-state index is 0.122. The highest BCUT2D eigenvalue weighted by Crippen LogP contribution is 2.42. The minimum atomic E-state index is -1.01. The van der Waals surface area contributed by atoms with Gasteiger partial charge in [0.15, 0.2) is 17.2 Å². The van der Waals surface area contributed by atoms with E-state index >= 15 is 0 Å². The Labute approximate surface area is 141 Å². The van der Waals surface area contributed by atoms with E-state index in [1.165, 1.54) is 24.3 Å². The van der Waals surface area contributed by atoms with Crippen LogP contribution in [0, 0.1) is 0 Å². The quantitative estimate of drug-likeness (QED) is 0.628. The topological polar surface area (TPSA) is 116 Å². The van der Waals surface area contributed by atoms with Gasteiger partial charge in [0.25, 0.3) is 0 Å². The molecule has 3 aromatic rings. The Morgan fingerprint density at radius 2 is 1.72 bits per heavy atom. The number of aromatic carboxylic acids is 1. The SMILES string of the molecule is O=C(O)c1ccc(N=Nc2c(O)[nH]c3cc4c(cc23)OCCO4)cc1. The number of aromatic nitrogens is 1. The monoisotopic (exact) mass is 339 g/mol. The molecule has 0 saturated carbocycles. The van der Waals surface area contributed by atoms with E-state index in [9.17, 15) is 9.90 Å². The van der Waals surface area contributed by atoms with E-state index in [0.29, 0.717) is 41.3 Å². The number of nitrogens with zero attached hydrogens (tertiary/aromatic N) is 2. The zero-order chi connectivity index (χ0) is 17.4. The third-order valence-electron chi connectivity index (χ3n) is 3.79. The molecule has 0 bridgehead atoms. The third kappa shape index (κ3) is 2.74. The van der Waals surface area contributed by atoms with Crippen molar-refractivity contribution in [3.8, 4) is 17.4 Å². The van der Waals surface area contributed by atoms with Crippen molar-refractivity contribution in [1.82, 2.24) is 4.98 Å². The normalized spacial score (nSPS) is 13.4. The van der Waals surface area contributed by atoms with E-state index in [2.05, 4.69) is 15.2 Å². The molecule has 0 amide bonds. The summed E-state index contributed by atoms with van der Waals surface area (Å²) in [6.45, 7) is 0.936. The molecule has 8 heteroatoms. The Bertz CT molecular complexity index is 992. The number of aromatic amines is 1. The highest BCUT2D eigenvalue weighted by molar-refractivity contribution is 5.96. The van der Waals surface area contributed by atoms with Gasteiger partial charge in [-0.3, -0.25) is 0 Å². The Kier molecular flexibility index (Phi) is 3.50. The lowest BCUT2D eigenvalue weighted by atomic mass is 10.2. The molecule has 0 radical (unpaired) electrons. The van der Waals surface area contributed by atoms with Crippen molar-refractivity contribution < 1.29 is 24.5 Å². The second kappa shape index (κ2) is 5.82. The minimum Gasteiger partial charge on any atom is -0.493 e. The summed E-state index contributed by atoms with van der Waals surface area (Å²) in [6, 6.07) is 9.43. The molecule has 1 aliphatic rings. The summed E-state index contributed by atoms with van der Waals surface area (Å²) in [5.41, 5.74) is 1.56. The number of aromatic hydroxyl groups is 1. The van der Waals surface area contributed by atoms with Crippen molar-refractivity contribution >= 4 is 28.2 Å². The van der Waals surface area contributed by atoms with Gasteiger partial charge in [-0.15, -0.1) is 5.11 Å². The summed E-state index contributed by atoms with van der Waals surface area (Å²) in [4.78, 5) is 13.7. The average Bonchev–Trinajstić information content (AvgIpc) is 2.92. The van der Waals surface area contributed by atoms with Crippen molar-refractivity contribution in [3.63, 3.8) is 0 Å². The highest BCUT2D eigenvalue weighted by Gasteiger charge is 2.18. The summed E-state index contributed by atoms with van der Waals surface area (Å²) in [6.07, 6.45) is 0. The van der Waals surface area contributed by atoms with Gasteiger partial charge in [0, 0.05) is 11.5 Å². The van der Waals surface area contributed by atoms with Crippen molar-refractivity contribution in [3.05, 3.63) is 42.0 Å². The number of H-pyrrole nitrogens is 1. The van der Waals surface area contributed by atoms with Crippen molar-refractivity contribution in [2.75, 3.05) is 13.2 Å².